The lowest BCUT2D eigenvalue weighted by Gasteiger charge is -2.12. The molecule has 0 amide bonds. The van der Waals surface area contributed by atoms with Crippen LogP contribution in [0.15, 0.2) is 0 Å². The maximum Gasteiger partial charge on any atom is 0.00643 e. The molecule has 0 N–H and O–H groups in total. The normalized spacial score (nSPS) is 30.0. The summed E-state index contributed by atoms with van der Waals surface area (Å²) in [6, 6.07) is 0.847. The summed E-state index contributed by atoms with van der Waals surface area (Å²) in [7, 11) is 2.19. The van der Waals surface area contributed by atoms with Crippen molar-refractivity contribution in [3.05, 3.63) is 0 Å². The van der Waals surface area contributed by atoms with E-state index in [0.717, 1.165) is 6.04 Å². The molecule has 0 saturated carbocycles. The lowest BCUT2D eigenvalue weighted by atomic mass is 10.3. The van der Waals surface area contributed by atoms with Gasteiger partial charge in [0.2, 0.25) is 0 Å². The van der Waals surface area contributed by atoms with Gasteiger partial charge in [-0.3, -0.25) is 4.70 Å². The molecular formula is C6H14FN. The lowest BCUT2D eigenvalue weighted by Crippen LogP contribution is -2.20. The highest BCUT2D eigenvalue weighted by Crippen LogP contribution is 2.12. The SMILES string of the molecule is CC1CCCN1C.F. The summed E-state index contributed by atoms with van der Waals surface area (Å²) in [5.74, 6) is 0. The third-order valence-corrected chi connectivity index (χ3v) is 1.89. The van der Waals surface area contributed by atoms with E-state index in [4.69, 9.17) is 0 Å². The Labute approximate surface area is 50.0 Å². The number of nitrogens with zero attached hydrogens (tertiary/aromatic N) is 1. The molecule has 1 heterocycles. The van der Waals surface area contributed by atoms with E-state index in [0.29, 0.717) is 0 Å². The van der Waals surface area contributed by atoms with E-state index in [1.54, 1.807) is 0 Å². The van der Waals surface area contributed by atoms with Gasteiger partial charge in [0.05, 0.1) is 0 Å². The second-order valence-electron chi connectivity index (χ2n) is 2.47. The van der Waals surface area contributed by atoms with Crippen molar-refractivity contribution in [2.24, 2.45) is 0 Å². The number of rotatable bonds is 0. The minimum Gasteiger partial charge on any atom is -0.304 e. The number of likely N-dealkylation sites (tertiary alicyclic amines) is 1. The summed E-state index contributed by atoms with van der Waals surface area (Å²) in [6.07, 6.45) is 2.80. The minimum absolute atomic E-state index is 0. The number of halogens is 1. The third-order valence-electron chi connectivity index (χ3n) is 1.89. The Morgan fingerprint density at radius 3 is 2.25 bits per heavy atom. The Morgan fingerprint density at radius 2 is 2.12 bits per heavy atom. The van der Waals surface area contributed by atoms with Gasteiger partial charge in [0.25, 0.3) is 0 Å². The van der Waals surface area contributed by atoms with Crippen LogP contribution >= 0.6 is 0 Å². The Hall–Kier alpha value is -0.110. The molecular weight excluding hydrogens is 105 g/mol. The van der Waals surface area contributed by atoms with Gasteiger partial charge in [-0.25, -0.2) is 0 Å². The number of hydrogen-bond acceptors (Lipinski definition) is 1. The smallest absolute Gasteiger partial charge is 0.00643 e. The lowest BCUT2D eigenvalue weighted by molar-refractivity contribution is 0.331. The molecule has 0 radical (unpaired) electrons. The van der Waals surface area contributed by atoms with Crippen LogP contribution in [0.25, 0.3) is 0 Å². The van der Waals surface area contributed by atoms with E-state index in [1.807, 2.05) is 0 Å². The molecule has 50 valence electrons. The molecule has 1 aliphatic heterocycles. The standard InChI is InChI=1S/C6H13N.FH/c1-6-4-3-5-7(6)2;/h6H,3-5H2,1-2H3;1H. The summed E-state index contributed by atoms with van der Waals surface area (Å²) in [5.41, 5.74) is 0. The maximum absolute atomic E-state index is 2.40. The van der Waals surface area contributed by atoms with Crippen molar-refractivity contribution >= 4 is 0 Å². The van der Waals surface area contributed by atoms with Crippen molar-refractivity contribution in [1.82, 2.24) is 4.90 Å². The second kappa shape index (κ2) is 3.02. The Morgan fingerprint density at radius 1 is 1.50 bits per heavy atom. The van der Waals surface area contributed by atoms with E-state index < -0.39 is 0 Å². The predicted octanol–water partition coefficient (Wildman–Crippen LogP) is 1.25. The first kappa shape index (κ1) is 7.89. The highest BCUT2D eigenvalue weighted by Gasteiger charge is 2.14. The molecule has 0 spiro atoms. The highest BCUT2D eigenvalue weighted by molar-refractivity contribution is 4.70. The van der Waals surface area contributed by atoms with Gasteiger partial charge < -0.3 is 4.90 Å². The first-order chi connectivity index (χ1) is 3.30. The molecule has 0 aliphatic carbocycles. The predicted molar refractivity (Wildman–Crippen MR) is 33.8 cm³/mol. The average Bonchev–Trinajstić information content (AvgIpc) is 1.91. The number of hydrogen-bond donors (Lipinski definition) is 0. The van der Waals surface area contributed by atoms with Gasteiger partial charge >= 0.3 is 0 Å². The molecule has 8 heavy (non-hydrogen) atoms. The molecule has 1 nitrogen and oxygen atoms in total. The Kier molecular flexibility index (Phi) is 2.98. The van der Waals surface area contributed by atoms with E-state index in [-0.39, 0.29) is 4.70 Å². The molecule has 0 bridgehead atoms. The minimum atomic E-state index is 0. The maximum atomic E-state index is 2.40. The van der Waals surface area contributed by atoms with Gasteiger partial charge in [0.15, 0.2) is 0 Å². The fourth-order valence-corrected chi connectivity index (χ4v) is 1.08. The van der Waals surface area contributed by atoms with Crippen molar-refractivity contribution < 1.29 is 4.70 Å². The topological polar surface area (TPSA) is 3.24 Å². The van der Waals surface area contributed by atoms with Crippen LogP contribution in [0, 0.1) is 0 Å². The van der Waals surface area contributed by atoms with E-state index >= 15 is 0 Å². The summed E-state index contributed by atoms with van der Waals surface area (Å²) < 4.78 is 0. The zero-order valence-corrected chi connectivity index (χ0v) is 5.55. The van der Waals surface area contributed by atoms with Crippen LogP contribution in [0.5, 0.6) is 0 Å². The highest BCUT2D eigenvalue weighted by atomic mass is 19.0. The van der Waals surface area contributed by atoms with Crippen LogP contribution in [0.3, 0.4) is 0 Å². The van der Waals surface area contributed by atoms with Gasteiger partial charge in [-0.1, -0.05) is 0 Å². The quantitative estimate of drug-likeness (QED) is 0.464. The Bertz CT molecular complexity index is 57.5. The van der Waals surface area contributed by atoms with E-state index in [1.165, 1.54) is 19.4 Å². The van der Waals surface area contributed by atoms with Crippen molar-refractivity contribution in [3.63, 3.8) is 0 Å². The largest absolute Gasteiger partial charge is 0.304 e. The molecule has 0 aromatic rings. The zero-order chi connectivity index (χ0) is 5.28. The van der Waals surface area contributed by atoms with Crippen LogP contribution in [-0.2, 0) is 0 Å². The first-order valence-electron chi connectivity index (χ1n) is 3.01. The molecule has 2 heteroatoms. The van der Waals surface area contributed by atoms with E-state index in [9.17, 15) is 0 Å². The molecule has 1 atom stereocenters. The molecule has 1 fully saturated rings. The van der Waals surface area contributed by atoms with Crippen molar-refractivity contribution in [1.29, 1.82) is 0 Å². The fourth-order valence-electron chi connectivity index (χ4n) is 1.08. The van der Waals surface area contributed by atoms with Crippen LogP contribution in [0.2, 0.25) is 0 Å². The average molecular weight is 119 g/mol. The molecule has 1 rings (SSSR count). The van der Waals surface area contributed by atoms with Crippen molar-refractivity contribution in [2.45, 2.75) is 25.8 Å². The van der Waals surface area contributed by atoms with Gasteiger partial charge in [-0.05, 0) is 33.4 Å². The van der Waals surface area contributed by atoms with E-state index in [2.05, 4.69) is 18.9 Å². The molecule has 1 aliphatic rings. The monoisotopic (exact) mass is 119 g/mol. The summed E-state index contributed by atoms with van der Waals surface area (Å²) in [4.78, 5) is 2.40. The second-order valence-corrected chi connectivity index (χ2v) is 2.47. The summed E-state index contributed by atoms with van der Waals surface area (Å²) >= 11 is 0. The van der Waals surface area contributed by atoms with Gasteiger partial charge in [0.1, 0.15) is 0 Å². The summed E-state index contributed by atoms with van der Waals surface area (Å²) in [6.45, 7) is 3.59. The summed E-state index contributed by atoms with van der Waals surface area (Å²) in [5, 5.41) is 0. The molecule has 1 saturated heterocycles. The first-order valence-corrected chi connectivity index (χ1v) is 3.01. The fraction of sp³-hybridized carbons (Fsp3) is 1.00. The third kappa shape index (κ3) is 1.44. The molecule has 1 unspecified atom stereocenters. The van der Waals surface area contributed by atoms with Crippen LogP contribution in [0.1, 0.15) is 19.8 Å². The van der Waals surface area contributed by atoms with Gasteiger partial charge in [-0.2, -0.15) is 0 Å². The van der Waals surface area contributed by atoms with Gasteiger partial charge in [-0.15, -0.1) is 0 Å². The van der Waals surface area contributed by atoms with Gasteiger partial charge in [0, 0.05) is 6.04 Å². The van der Waals surface area contributed by atoms with Crippen LogP contribution in [-0.4, -0.2) is 24.5 Å². The Balaban J connectivity index is 0.000000490. The molecule has 0 aromatic heterocycles. The van der Waals surface area contributed by atoms with Crippen molar-refractivity contribution in [3.8, 4) is 0 Å². The zero-order valence-electron chi connectivity index (χ0n) is 5.55. The molecule has 0 aromatic carbocycles. The van der Waals surface area contributed by atoms with Crippen LogP contribution < -0.4 is 0 Å². The van der Waals surface area contributed by atoms with Crippen molar-refractivity contribution in [2.75, 3.05) is 13.6 Å². The van der Waals surface area contributed by atoms with Crippen LogP contribution in [0.4, 0.5) is 4.70 Å².